The van der Waals surface area contributed by atoms with E-state index < -0.39 is 23.3 Å². The number of hydrogen-bond donors (Lipinski definition) is 2. The highest BCUT2D eigenvalue weighted by Gasteiger charge is 2.20. The molecular formula is C23H19NO5. The Hall–Kier alpha value is -3.93. The summed E-state index contributed by atoms with van der Waals surface area (Å²) in [6, 6.07) is 15.8. The first kappa shape index (κ1) is 19.8. The molecular weight excluding hydrogens is 370 g/mol. The molecule has 6 nitrogen and oxygen atoms in total. The van der Waals surface area contributed by atoms with E-state index in [0.29, 0.717) is 17.2 Å². The molecule has 0 radical (unpaired) electrons. The number of ether oxygens (including phenoxy) is 1. The zero-order chi connectivity index (χ0) is 20.8. The number of allylic oxidation sites excluding steroid dienone is 1. The van der Waals surface area contributed by atoms with Crippen LogP contribution in [-0.4, -0.2) is 34.2 Å². The number of esters is 1. The summed E-state index contributed by atoms with van der Waals surface area (Å²) < 4.78 is 4.64. The molecule has 1 heterocycles. The summed E-state index contributed by atoms with van der Waals surface area (Å²) in [6.07, 6.45) is 3.89. The number of H-pyrrole nitrogens is 1. The number of carbonyl (C=O) groups is 3. The van der Waals surface area contributed by atoms with Crippen LogP contribution in [0.2, 0.25) is 0 Å². The Morgan fingerprint density at radius 2 is 1.72 bits per heavy atom. The van der Waals surface area contributed by atoms with E-state index in [1.54, 1.807) is 43.5 Å². The van der Waals surface area contributed by atoms with Crippen LogP contribution in [0, 0.1) is 0 Å². The smallest absolute Gasteiger partial charge is 0.379 e. The normalized spacial score (nSPS) is 12.0. The first-order chi connectivity index (χ1) is 14.0. The van der Waals surface area contributed by atoms with Gasteiger partial charge >= 0.3 is 5.97 Å². The molecule has 0 amide bonds. The monoisotopic (exact) mass is 389 g/mol. The fourth-order valence-electron chi connectivity index (χ4n) is 2.83. The van der Waals surface area contributed by atoms with E-state index >= 15 is 0 Å². The van der Waals surface area contributed by atoms with Gasteiger partial charge in [-0.3, -0.25) is 9.59 Å². The van der Waals surface area contributed by atoms with Crippen LogP contribution in [0.15, 0.2) is 78.2 Å². The summed E-state index contributed by atoms with van der Waals surface area (Å²) in [5.74, 6) is -3.24. The maximum Gasteiger partial charge on any atom is 0.379 e. The van der Waals surface area contributed by atoms with Crippen molar-refractivity contribution in [2.45, 2.75) is 6.92 Å². The van der Waals surface area contributed by atoms with Gasteiger partial charge in [-0.15, -0.1) is 0 Å². The summed E-state index contributed by atoms with van der Waals surface area (Å²) in [7, 11) is 0. The zero-order valence-corrected chi connectivity index (χ0v) is 15.7. The lowest BCUT2D eigenvalue weighted by atomic mass is 9.98. The predicted octanol–water partition coefficient (Wildman–Crippen LogP) is 4.01. The third-order valence-electron chi connectivity index (χ3n) is 4.22. The number of para-hydroxylation sites is 1. The van der Waals surface area contributed by atoms with Gasteiger partial charge in [0.05, 0.1) is 12.2 Å². The minimum absolute atomic E-state index is 0.0279. The van der Waals surface area contributed by atoms with Crippen molar-refractivity contribution in [3.63, 3.8) is 0 Å². The summed E-state index contributed by atoms with van der Waals surface area (Å²) in [5, 5.41) is 11.4. The fourth-order valence-corrected chi connectivity index (χ4v) is 2.83. The second-order valence-electron chi connectivity index (χ2n) is 6.16. The Balaban J connectivity index is 2.08. The number of ketones is 2. The number of nitrogens with one attached hydrogen (secondary N) is 1. The van der Waals surface area contributed by atoms with Crippen molar-refractivity contribution in [2.75, 3.05) is 6.61 Å². The minimum Gasteiger partial charge on any atom is -0.507 e. The summed E-state index contributed by atoms with van der Waals surface area (Å²) >= 11 is 0. The van der Waals surface area contributed by atoms with Crippen molar-refractivity contribution >= 4 is 34.5 Å². The van der Waals surface area contributed by atoms with Gasteiger partial charge in [-0.2, -0.15) is 0 Å². The molecule has 0 unspecified atom stereocenters. The standard InChI is InChI=1S/C23H19NO5/c1-2-29-23(28)21(26)13-20(25)18(22(27)15-8-4-3-5-9-15)12-16-14-24-19-11-7-6-10-17(16)19/h3-14,24-25H,2H2,1H3/b18-12-,20-13-. The van der Waals surface area contributed by atoms with E-state index in [9.17, 15) is 19.5 Å². The van der Waals surface area contributed by atoms with E-state index in [1.165, 1.54) is 6.08 Å². The highest BCUT2D eigenvalue weighted by molar-refractivity contribution is 6.38. The van der Waals surface area contributed by atoms with Crippen LogP contribution < -0.4 is 0 Å². The second-order valence-corrected chi connectivity index (χ2v) is 6.16. The fraction of sp³-hybridized carbons (Fsp3) is 0.0870. The van der Waals surface area contributed by atoms with Gasteiger partial charge in [0.25, 0.3) is 5.78 Å². The summed E-state index contributed by atoms with van der Waals surface area (Å²) in [6.45, 7) is 1.59. The van der Waals surface area contributed by atoms with Crippen molar-refractivity contribution in [2.24, 2.45) is 0 Å². The molecule has 29 heavy (non-hydrogen) atoms. The molecule has 6 heteroatoms. The van der Waals surface area contributed by atoms with Crippen LogP contribution in [0.1, 0.15) is 22.8 Å². The molecule has 0 spiro atoms. The molecule has 146 valence electrons. The van der Waals surface area contributed by atoms with E-state index in [0.717, 1.165) is 10.9 Å². The number of aliphatic hydroxyl groups is 1. The maximum absolute atomic E-state index is 13.0. The molecule has 0 fully saturated rings. The number of aromatic nitrogens is 1. The lowest BCUT2D eigenvalue weighted by molar-refractivity contribution is -0.151. The lowest BCUT2D eigenvalue weighted by Gasteiger charge is -2.07. The summed E-state index contributed by atoms with van der Waals surface area (Å²) in [5.41, 5.74) is 1.74. The largest absolute Gasteiger partial charge is 0.507 e. The quantitative estimate of drug-likeness (QED) is 0.159. The number of aliphatic hydroxyl groups excluding tert-OH is 1. The van der Waals surface area contributed by atoms with Crippen LogP contribution in [0.5, 0.6) is 0 Å². The van der Waals surface area contributed by atoms with Crippen LogP contribution in [0.3, 0.4) is 0 Å². The third-order valence-corrected chi connectivity index (χ3v) is 4.22. The number of carbonyl (C=O) groups excluding carboxylic acids is 3. The lowest BCUT2D eigenvalue weighted by Crippen LogP contribution is -2.16. The SMILES string of the molecule is CCOC(=O)C(=O)/C=C(O)/C(=C/c1c[nH]c2ccccc12)C(=O)c1ccccc1. The van der Waals surface area contributed by atoms with Crippen LogP contribution in [-0.2, 0) is 14.3 Å². The Bertz CT molecular complexity index is 1120. The van der Waals surface area contributed by atoms with Crippen molar-refractivity contribution < 1.29 is 24.2 Å². The molecule has 2 N–H and O–H groups in total. The van der Waals surface area contributed by atoms with Crippen LogP contribution >= 0.6 is 0 Å². The maximum atomic E-state index is 13.0. The highest BCUT2D eigenvalue weighted by Crippen LogP contribution is 2.24. The molecule has 0 aliphatic rings. The molecule has 3 aromatic rings. The number of rotatable bonds is 7. The van der Waals surface area contributed by atoms with Gasteiger partial charge in [-0.1, -0.05) is 48.5 Å². The van der Waals surface area contributed by atoms with Gasteiger partial charge in [-0.25, -0.2) is 4.79 Å². The molecule has 3 rings (SSSR count). The van der Waals surface area contributed by atoms with Gasteiger partial charge in [0, 0.05) is 34.3 Å². The third kappa shape index (κ3) is 4.50. The number of hydrogen-bond acceptors (Lipinski definition) is 5. The average molecular weight is 389 g/mol. The number of Topliss-reactive ketones (excluding diaryl/α,β-unsaturated/α-hetero) is 1. The molecule has 0 saturated heterocycles. The molecule has 0 aliphatic heterocycles. The van der Waals surface area contributed by atoms with Crippen LogP contribution in [0.25, 0.3) is 17.0 Å². The van der Waals surface area contributed by atoms with Gasteiger partial charge < -0.3 is 14.8 Å². The topological polar surface area (TPSA) is 96.5 Å². The molecule has 0 atom stereocenters. The minimum atomic E-state index is -1.10. The van der Waals surface area contributed by atoms with E-state index in [4.69, 9.17) is 0 Å². The first-order valence-electron chi connectivity index (χ1n) is 9.01. The molecule has 0 bridgehead atoms. The Morgan fingerprint density at radius 1 is 1.03 bits per heavy atom. The first-order valence-corrected chi connectivity index (χ1v) is 9.01. The second kappa shape index (κ2) is 8.84. The molecule has 2 aromatic carbocycles. The van der Waals surface area contributed by atoms with E-state index in [2.05, 4.69) is 9.72 Å². The van der Waals surface area contributed by atoms with E-state index in [-0.39, 0.29) is 12.2 Å². The van der Waals surface area contributed by atoms with Crippen molar-refractivity contribution in [3.8, 4) is 0 Å². The Kier molecular flexibility index (Phi) is 6.04. The van der Waals surface area contributed by atoms with E-state index in [1.807, 2.05) is 24.3 Å². The van der Waals surface area contributed by atoms with Crippen molar-refractivity contribution in [3.05, 3.63) is 89.3 Å². The highest BCUT2D eigenvalue weighted by atomic mass is 16.5. The molecule has 1 aromatic heterocycles. The number of benzene rings is 2. The number of fused-ring (bicyclic) bond motifs is 1. The van der Waals surface area contributed by atoms with Crippen molar-refractivity contribution in [1.82, 2.24) is 4.98 Å². The Morgan fingerprint density at radius 3 is 2.45 bits per heavy atom. The Labute approximate surface area is 167 Å². The van der Waals surface area contributed by atoms with Gasteiger partial charge in [0.1, 0.15) is 5.76 Å². The predicted molar refractivity (Wildman–Crippen MR) is 109 cm³/mol. The average Bonchev–Trinajstić information content (AvgIpc) is 3.15. The van der Waals surface area contributed by atoms with Gasteiger partial charge in [0.2, 0.25) is 0 Å². The van der Waals surface area contributed by atoms with Crippen molar-refractivity contribution in [1.29, 1.82) is 0 Å². The van der Waals surface area contributed by atoms with Gasteiger partial charge in [-0.05, 0) is 19.1 Å². The van der Waals surface area contributed by atoms with Crippen LogP contribution in [0.4, 0.5) is 0 Å². The zero-order valence-electron chi connectivity index (χ0n) is 15.7. The van der Waals surface area contributed by atoms with Gasteiger partial charge in [0.15, 0.2) is 5.78 Å². The number of aromatic amines is 1. The molecule has 0 saturated carbocycles. The molecule has 0 aliphatic carbocycles. The summed E-state index contributed by atoms with van der Waals surface area (Å²) in [4.78, 5) is 39.7.